The molecule has 2 atom stereocenters. The molecule has 0 fully saturated rings. The van der Waals surface area contributed by atoms with Gasteiger partial charge in [0.25, 0.3) is 0 Å². The van der Waals surface area contributed by atoms with E-state index in [-0.39, 0.29) is 17.0 Å². The number of rotatable bonds is 3. The Hall–Kier alpha value is 0.410. The molecule has 0 heterocycles. The SMILES string of the molecule is CC(O)=CC(Cl)C(Cl)CCl. The van der Waals surface area contributed by atoms with Crippen LogP contribution in [0, 0.1) is 0 Å². The monoisotopic (exact) mass is 202 g/mol. The van der Waals surface area contributed by atoms with Crippen molar-refractivity contribution in [1.82, 2.24) is 0 Å². The van der Waals surface area contributed by atoms with Crippen LogP contribution < -0.4 is 0 Å². The van der Waals surface area contributed by atoms with Crippen molar-refractivity contribution >= 4 is 34.8 Å². The summed E-state index contributed by atoms with van der Waals surface area (Å²) in [5.74, 6) is 0.440. The van der Waals surface area contributed by atoms with Gasteiger partial charge in [0.15, 0.2) is 0 Å². The molecule has 0 aromatic carbocycles. The third-order valence-electron chi connectivity index (χ3n) is 0.893. The van der Waals surface area contributed by atoms with E-state index >= 15 is 0 Å². The van der Waals surface area contributed by atoms with Crippen LogP contribution in [-0.2, 0) is 0 Å². The van der Waals surface area contributed by atoms with Crippen molar-refractivity contribution in [1.29, 1.82) is 0 Å². The van der Waals surface area contributed by atoms with Crippen molar-refractivity contribution in [3.05, 3.63) is 11.8 Å². The number of alkyl halides is 3. The number of hydrogen-bond acceptors (Lipinski definition) is 1. The summed E-state index contributed by atoms with van der Waals surface area (Å²) >= 11 is 16.7. The average molecular weight is 203 g/mol. The fourth-order valence-corrected chi connectivity index (χ4v) is 1.05. The van der Waals surface area contributed by atoms with E-state index in [0.29, 0.717) is 0 Å². The van der Waals surface area contributed by atoms with Crippen molar-refractivity contribution < 1.29 is 5.11 Å². The van der Waals surface area contributed by atoms with Crippen LogP contribution in [0.4, 0.5) is 0 Å². The topological polar surface area (TPSA) is 20.2 Å². The molecule has 0 aliphatic rings. The number of aliphatic hydroxyl groups is 1. The molecule has 0 aliphatic heterocycles. The van der Waals surface area contributed by atoms with Crippen molar-refractivity contribution in [3.63, 3.8) is 0 Å². The Morgan fingerprint density at radius 2 is 2.10 bits per heavy atom. The molecule has 0 rings (SSSR count). The Morgan fingerprint density at radius 3 is 2.40 bits per heavy atom. The van der Waals surface area contributed by atoms with Gasteiger partial charge in [0, 0.05) is 5.88 Å². The molecule has 0 saturated carbocycles. The summed E-state index contributed by atoms with van der Waals surface area (Å²) in [6.07, 6.45) is 1.46. The molecular formula is C6H9Cl3O. The first kappa shape index (κ1) is 10.4. The van der Waals surface area contributed by atoms with E-state index in [1.54, 1.807) is 0 Å². The van der Waals surface area contributed by atoms with Crippen LogP contribution in [0.1, 0.15) is 6.92 Å². The molecule has 0 aliphatic carbocycles. The molecule has 0 aromatic rings. The smallest absolute Gasteiger partial charge is 0.0867 e. The van der Waals surface area contributed by atoms with E-state index in [0.717, 1.165) is 0 Å². The van der Waals surface area contributed by atoms with Gasteiger partial charge in [0.1, 0.15) is 0 Å². The summed E-state index contributed by atoms with van der Waals surface area (Å²) in [7, 11) is 0. The Bertz CT molecular complexity index is 120. The van der Waals surface area contributed by atoms with Gasteiger partial charge >= 0.3 is 0 Å². The first-order chi connectivity index (χ1) is 4.57. The second kappa shape index (κ2) is 5.11. The van der Waals surface area contributed by atoms with E-state index in [4.69, 9.17) is 39.9 Å². The number of halogens is 3. The molecule has 0 saturated heterocycles. The van der Waals surface area contributed by atoms with Gasteiger partial charge in [0.05, 0.1) is 16.5 Å². The highest BCUT2D eigenvalue weighted by molar-refractivity contribution is 6.34. The summed E-state index contributed by atoms with van der Waals surface area (Å²) < 4.78 is 0. The molecular weight excluding hydrogens is 194 g/mol. The molecule has 4 heteroatoms. The second-order valence-electron chi connectivity index (χ2n) is 1.92. The Balaban J connectivity index is 3.83. The standard InChI is InChI=1S/C6H9Cl3O/c1-4(10)2-5(8)6(9)3-7/h2,5-6,10H,3H2,1H3. The van der Waals surface area contributed by atoms with Crippen LogP contribution in [0.3, 0.4) is 0 Å². The quantitative estimate of drug-likeness (QED) is 0.552. The van der Waals surface area contributed by atoms with Gasteiger partial charge in [-0.15, -0.1) is 34.8 Å². The lowest BCUT2D eigenvalue weighted by Gasteiger charge is -2.07. The highest BCUT2D eigenvalue weighted by Gasteiger charge is 2.12. The molecule has 1 nitrogen and oxygen atoms in total. The van der Waals surface area contributed by atoms with Gasteiger partial charge in [-0.1, -0.05) is 0 Å². The summed E-state index contributed by atoms with van der Waals surface area (Å²) in [6.45, 7) is 1.53. The molecule has 0 radical (unpaired) electrons. The van der Waals surface area contributed by atoms with Crippen LogP contribution in [-0.4, -0.2) is 21.7 Å². The summed E-state index contributed by atoms with van der Waals surface area (Å²) in [5, 5.41) is 8.01. The van der Waals surface area contributed by atoms with Gasteiger partial charge < -0.3 is 5.11 Å². The molecule has 60 valence electrons. The Kier molecular flexibility index (Phi) is 5.32. The van der Waals surface area contributed by atoms with Gasteiger partial charge in [-0.3, -0.25) is 0 Å². The number of aliphatic hydroxyl groups excluding tert-OH is 1. The van der Waals surface area contributed by atoms with Crippen molar-refractivity contribution in [2.24, 2.45) is 0 Å². The minimum absolute atomic E-state index is 0.163. The lowest BCUT2D eigenvalue weighted by atomic mass is 10.3. The molecule has 10 heavy (non-hydrogen) atoms. The predicted molar refractivity (Wildman–Crippen MR) is 46.4 cm³/mol. The van der Waals surface area contributed by atoms with E-state index in [1.165, 1.54) is 13.0 Å². The van der Waals surface area contributed by atoms with Gasteiger partial charge in [-0.25, -0.2) is 0 Å². The zero-order valence-electron chi connectivity index (χ0n) is 5.52. The van der Waals surface area contributed by atoms with Crippen LogP contribution in [0.25, 0.3) is 0 Å². The van der Waals surface area contributed by atoms with Crippen LogP contribution >= 0.6 is 34.8 Å². The third-order valence-corrected chi connectivity index (χ3v) is 2.37. The summed E-state index contributed by atoms with van der Waals surface area (Å²) in [4.78, 5) is 0. The largest absolute Gasteiger partial charge is 0.513 e. The predicted octanol–water partition coefficient (Wildman–Crippen LogP) is 2.90. The molecule has 0 aromatic heterocycles. The lowest BCUT2D eigenvalue weighted by Crippen LogP contribution is -2.14. The van der Waals surface area contributed by atoms with E-state index in [2.05, 4.69) is 0 Å². The maximum Gasteiger partial charge on any atom is 0.0867 e. The maximum atomic E-state index is 8.74. The first-order valence-corrected chi connectivity index (χ1v) is 4.20. The highest BCUT2D eigenvalue weighted by atomic mass is 35.5. The van der Waals surface area contributed by atoms with Gasteiger partial charge in [-0.05, 0) is 13.0 Å². The zero-order valence-corrected chi connectivity index (χ0v) is 7.79. The van der Waals surface area contributed by atoms with Gasteiger partial charge in [0.2, 0.25) is 0 Å². The van der Waals surface area contributed by atoms with Crippen molar-refractivity contribution in [2.45, 2.75) is 17.7 Å². The fraction of sp³-hybridized carbons (Fsp3) is 0.667. The van der Waals surface area contributed by atoms with E-state index in [1.807, 2.05) is 0 Å². The molecule has 1 N–H and O–H groups in total. The number of hydrogen-bond donors (Lipinski definition) is 1. The third kappa shape index (κ3) is 4.26. The minimum Gasteiger partial charge on any atom is -0.513 e. The normalized spacial score (nSPS) is 18.6. The first-order valence-electron chi connectivity index (χ1n) is 2.79. The second-order valence-corrected chi connectivity index (χ2v) is 3.30. The van der Waals surface area contributed by atoms with Gasteiger partial charge in [-0.2, -0.15) is 0 Å². The van der Waals surface area contributed by atoms with Crippen LogP contribution in [0.5, 0.6) is 0 Å². The number of allylic oxidation sites excluding steroid dienone is 2. The molecule has 0 spiro atoms. The maximum absolute atomic E-state index is 8.74. The molecule has 0 bridgehead atoms. The Labute approximate surface area is 75.6 Å². The molecule has 2 unspecified atom stereocenters. The Morgan fingerprint density at radius 1 is 1.60 bits per heavy atom. The van der Waals surface area contributed by atoms with E-state index < -0.39 is 5.38 Å². The highest BCUT2D eigenvalue weighted by Crippen LogP contribution is 2.13. The molecule has 0 amide bonds. The fourth-order valence-electron chi connectivity index (χ4n) is 0.420. The van der Waals surface area contributed by atoms with Crippen molar-refractivity contribution in [2.75, 3.05) is 5.88 Å². The lowest BCUT2D eigenvalue weighted by molar-refractivity contribution is 0.411. The van der Waals surface area contributed by atoms with Crippen LogP contribution in [0.2, 0.25) is 0 Å². The average Bonchev–Trinajstić information content (AvgIpc) is 1.85. The zero-order chi connectivity index (χ0) is 8.15. The van der Waals surface area contributed by atoms with Crippen LogP contribution in [0.15, 0.2) is 11.8 Å². The van der Waals surface area contributed by atoms with Crippen molar-refractivity contribution in [3.8, 4) is 0 Å². The minimum atomic E-state index is -0.399. The summed E-state index contributed by atoms with van der Waals surface area (Å²) in [5.41, 5.74) is 0. The van der Waals surface area contributed by atoms with E-state index in [9.17, 15) is 0 Å². The summed E-state index contributed by atoms with van der Waals surface area (Å²) in [6, 6.07) is 0.